The fourth-order valence-corrected chi connectivity index (χ4v) is 1.77. The highest BCUT2D eigenvalue weighted by molar-refractivity contribution is 5.94. The van der Waals surface area contributed by atoms with Gasteiger partial charge < -0.3 is 10.2 Å². The summed E-state index contributed by atoms with van der Waals surface area (Å²) in [7, 11) is 3.49. The molecule has 0 radical (unpaired) electrons. The third kappa shape index (κ3) is 3.13. The first-order chi connectivity index (χ1) is 9.08. The van der Waals surface area contributed by atoms with Crippen molar-refractivity contribution in [2.75, 3.05) is 19.4 Å². The van der Waals surface area contributed by atoms with Crippen LogP contribution in [0, 0.1) is 6.92 Å². The van der Waals surface area contributed by atoms with Crippen molar-refractivity contribution in [3.63, 3.8) is 0 Å². The van der Waals surface area contributed by atoms with E-state index < -0.39 is 0 Å². The molecule has 0 fully saturated rings. The highest BCUT2D eigenvalue weighted by Crippen LogP contribution is 2.14. The lowest BCUT2D eigenvalue weighted by Gasteiger charge is -2.12. The van der Waals surface area contributed by atoms with Crippen LogP contribution in [0.2, 0.25) is 0 Å². The van der Waals surface area contributed by atoms with Crippen molar-refractivity contribution in [3.05, 3.63) is 47.3 Å². The van der Waals surface area contributed by atoms with Crippen LogP contribution in [-0.2, 0) is 6.54 Å². The van der Waals surface area contributed by atoms with Crippen molar-refractivity contribution in [2.24, 2.45) is 0 Å². The lowest BCUT2D eigenvalue weighted by atomic mass is 10.1. The second-order valence-corrected chi connectivity index (χ2v) is 4.65. The third-order valence-electron chi connectivity index (χ3n) is 2.93. The SMILES string of the molecule is Cc1[nH]ncc1CNc1cccc(C(=O)N(C)C)c1. The molecule has 5 nitrogen and oxygen atoms in total. The van der Waals surface area contributed by atoms with Crippen LogP contribution < -0.4 is 5.32 Å². The van der Waals surface area contributed by atoms with E-state index in [4.69, 9.17) is 0 Å². The molecule has 0 saturated carbocycles. The summed E-state index contributed by atoms with van der Waals surface area (Å²) in [4.78, 5) is 13.4. The molecule has 0 aliphatic carbocycles. The zero-order valence-corrected chi connectivity index (χ0v) is 11.4. The van der Waals surface area contributed by atoms with Gasteiger partial charge >= 0.3 is 0 Å². The van der Waals surface area contributed by atoms with Crippen LogP contribution in [-0.4, -0.2) is 35.1 Å². The van der Waals surface area contributed by atoms with E-state index in [1.807, 2.05) is 31.2 Å². The van der Waals surface area contributed by atoms with Gasteiger partial charge in [0, 0.05) is 43.1 Å². The molecule has 2 rings (SSSR count). The van der Waals surface area contributed by atoms with E-state index in [1.54, 1.807) is 25.2 Å². The summed E-state index contributed by atoms with van der Waals surface area (Å²) in [5, 5.41) is 10.2. The minimum Gasteiger partial charge on any atom is -0.381 e. The van der Waals surface area contributed by atoms with Crippen LogP contribution in [0.1, 0.15) is 21.6 Å². The summed E-state index contributed by atoms with van der Waals surface area (Å²) < 4.78 is 0. The molecule has 1 aromatic heterocycles. The van der Waals surface area contributed by atoms with Crippen molar-refractivity contribution < 1.29 is 4.79 Å². The number of H-pyrrole nitrogens is 1. The summed E-state index contributed by atoms with van der Waals surface area (Å²) in [6, 6.07) is 7.50. The van der Waals surface area contributed by atoms with Gasteiger partial charge in [0.05, 0.1) is 6.20 Å². The van der Waals surface area contributed by atoms with Gasteiger partial charge in [0.1, 0.15) is 0 Å². The van der Waals surface area contributed by atoms with E-state index in [9.17, 15) is 4.79 Å². The minimum atomic E-state index is 0.00291. The normalized spacial score (nSPS) is 10.3. The van der Waals surface area contributed by atoms with Gasteiger partial charge in [0.2, 0.25) is 0 Å². The van der Waals surface area contributed by atoms with Crippen molar-refractivity contribution >= 4 is 11.6 Å². The molecule has 0 unspecified atom stereocenters. The van der Waals surface area contributed by atoms with E-state index in [-0.39, 0.29) is 5.91 Å². The number of amides is 1. The molecule has 2 aromatic rings. The zero-order chi connectivity index (χ0) is 13.8. The van der Waals surface area contributed by atoms with Gasteiger partial charge in [-0.1, -0.05) is 6.07 Å². The number of rotatable bonds is 4. The highest BCUT2D eigenvalue weighted by atomic mass is 16.2. The average Bonchev–Trinajstić information content (AvgIpc) is 2.81. The fraction of sp³-hybridized carbons (Fsp3) is 0.286. The Morgan fingerprint density at radius 1 is 1.42 bits per heavy atom. The zero-order valence-electron chi connectivity index (χ0n) is 11.4. The van der Waals surface area contributed by atoms with Gasteiger partial charge in [0.25, 0.3) is 5.91 Å². The molecule has 100 valence electrons. The van der Waals surface area contributed by atoms with Crippen LogP contribution in [0.3, 0.4) is 0 Å². The summed E-state index contributed by atoms with van der Waals surface area (Å²) >= 11 is 0. The summed E-state index contributed by atoms with van der Waals surface area (Å²) in [6.45, 7) is 2.66. The molecule has 0 saturated heterocycles. The monoisotopic (exact) mass is 258 g/mol. The van der Waals surface area contributed by atoms with E-state index in [2.05, 4.69) is 15.5 Å². The number of aromatic nitrogens is 2. The predicted molar refractivity (Wildman–Crippen MR) is 75.1 cm³/mol. The number of nitrogens with one attached hydrogen (secondary N) is 2. The molecular weight excluding hydrogens is 240 g/mol. The molecule has 19 heavy (non-hydrogen) atoms. The molecule has 1 amide bonds. The van der Waals surface area contributed by atoms with E-state index in [0.29, 0.717) is 12.1 Å². The average molecular weight is 258 g/mol. The summed E-state index contributed by atoms with van der Waals surface area (Å²) in [5.74, 6) is 0.00291. The number of nitrogens with zero attached hydrogens (tertiary/aromatic N) is 2. The lowest BCUT2D eigenvalue weighted by Crippen LogP contribution is -2.21. The van der Waals surface area contributed by atoms with Crippen molar-refractivity contribution in [3.8, 4) is 0 Å². The topological polar surface area (TPSA) is 61.0 Å². The van der Waals surface area contributed by atoms with E-state index >= 15 is 0 Å². The number of benzene rings is 1. The number of hydrogen-bond acceptors (Lipinski definition) is 3. The molecule has 0 spiro atoms. The second-order valence-electron chi connectivity index (χ2n) is 4.65. The van der Waals surface area contributed by atoms with Gasteiger partial charge in [-0.3, -0.25) is 9.89 Å². The maximum atomic E-state index is 11.9. The smallest absolute Gasteiger partial charge is 0.253 e. The van der Waals surface area contributed by atoms with Crippen LogP contribution in [0.5, 0.6) is 0 Å². The van der Waals surface area contributed by atoms with Gasteiger partial charge in [-0.25, -0.2) is 0 Å². The molecule has 5 heteroatoms. The Hall–Kier alpha value is -2.30. The Morgan fingerprint density at radius 2 is 2.21 bits per heavy atom. The van der Waals surface area contributed by atoms with Crippen molar-refractivity contribution in [1.82, 2.24) is 15.1 Å². The third-order valence-corrected chi connectivity index (χ3v) is 2.93. The molecule has 0 aliphatic heterocycles. The van der Waals surface area contributed by atoms with Crippen LogP contribution in [0.25, 0.3) is 0 Å². The Kier molecular flexibility index (Phi) is 3.85. The summed E-state index contributed by atoms with van der Waals surface area (Å²) in [6.07, 6.45) is 1.80. The molecule has 0 atom stereocenters. The van der Waals surface area contributed by atoms with Crippen LogP contribution in [0.15, 0.2) is 30.5 Å². The Morgan fingerprint density at radius 3 is 2.84 bits per heavy atom. The quantitative estimate of drug-likeness (QED) is 0.882. The Labute approximate surface area is 112 Å². The number of carbonyl (C=O) groups is 1. The summed E-state index contributed by atoms with van der Waals surface area (Å²) in [5.41, 5.74) is 3.77. The second kappa shape index (κ2) is 5.56. The number of aromatic amines is 1. The maximum absolute atomic E-state index is 11.9. The molecule has 0 aliphatic rings. The number of anilines is 1. The Bertz CT molecular complexity index is 574. The maximum Gasteiger partial charge on any atom is 0.253 e. The lowest BCUT2D eigenvalue weighted by molar-refractivity contribution is 0.0827. The largest absolute Gasteiger partial charge is 0.381 e. The molecule has 1 aromatic carbocycles. The molecule has 0 bridgehead atoms. The van der Waals surface area contributed by atoms with E-state index in [0.717, 1.165) is 16.9 Å². The number of carbonyl (C=O) groups excluding carboxylic acids is 1. The standard InChI is InChI=1S/C14H18N4O/c1-10-12(9-16-17-10)8-15-13-6-4-5-11(7-13)14(19)18(2)3/h4-7,9,15H,8H2,1-3H3,(H,16,17). The van der Waals surface area contributed by atoms with Gasteiger partial charge in [0.15, 0.2) is 0 Å². The molecular formula is C14H18N4O. The van der Waals surface area contributed by atoms with Crippen molar-refractivity contribution in [2.45, 2.75) is 13.5 Å². The van der Waals surface area contributed by atoms with Crippen LogP contribution in [0.4, 0.5) is 5.69 Å². The highest BCUT2D eigenvalue weighted by Gasteiger charge is 2.08. The first-order valence-electron chi connectivity index (χ1n) is 6.12. The molecule has 2 N–H and O–H groups in total. The van der Waals surface area contributed by atoms with Crippen molar-refractivity contribution in [1.29, 1.82) is 0 Å². The minimum absolute atomic E-state index is 0.00291. The Balaban J connectivity index is 2.07. The predicted octanol–water partition coefficient (Wildman–Crippen LogP) is 2.03. The van der Waals surface area contributed by atoms with Crippen LogP contribution >= 0.6 is 0 Å². The van der Waals surface area contributed by atoms with Gasteiger partial charge in [-0.2, -0.15) is 5.10 Å². The first kappa shape index (κ1) is 13.1. The van der Waals surface area contributed by atoms with Gasteiger partial charge in [-0.15, -0.1) is 0 Å². The fourth-order valence-electron chi connectivity index (χ4n) is 1.77. The number of aryl methyl sites for hydroxylation is 1. The first-order valence-corrected chi connectivity index (χ1v) is 6.12. The van der Waals surface area contributed by atoms with E-state index in [1.165, 1.54) is 0 Å². The number of hydrogen-bond donors (Lipinski definition) is 2. The molecule has 1 heterocycles. The van der Waals surface area contributed by atoms with Gasteiger partial charge in [-0.05, 0) is 25.1 Å².